The molecule has 0 unspecified atom stereocenters. The van der Waals surface area contributed by atoms with E-state index in [9.17, 15) is 4.79 Å². The minimum Gasteiger partial charge on any atom is -0.497 e. The number of anilines is 1. The highest BCUT2D eigenvalue weighted by molar-refractivity contribution is 9.10. The van der Waals surface area contributed by atoms with E-state index in [1.54, 1.807) is 7.11 Å². The predicted molar refractivity (Wildman–Crippen MR) is 119 cm³/mol. The predicted octanol–water partition coefficient (Wildman–Crippen LogP) is 4.25. The van der Waals surface area contributed by atoms with Gasteiger partial charge in [0.25, 0.3) is 5.91 Å². The molecule has 2 aliphatic rings. The molecule has 7 heteroatoms. The van der Waals surface area contributed by atoms with Gasteiger partial charge in [0.05, 0.1) is 12.0 Å². The molecule has 28 heavy (non-hydrogen) atoms. The second-order valence-electron chi connectivity index (χ2n) is 6.54. The summed E-state index contributed by atoms with van der Waals surface area (Å²) >= 11 is 4.93. The lowest BCUT2D eigenvalue weighted by Gasteiger charge is -2.36. The Labute approximate surface area is 177 Å². The van der Waals surface area contributed by atoms with Gasteiger partial charge in [-0.15, -0.1) is 0 Å². The van der Waals surface area contributed by atoms with Crippen LogP contribution in [0.15, 0.2) is 62.9 Å². The molecule has 0 aliphatic carbocycles. The molecule has 1 amide bonds. The number of rotatable bonds is 3. The first kappa shape index (κ1) is 19.1. The van der Waals surface area contributed by atoms with E-state index in [2.05, 4.69) is 42.9 Å². The first-order valence-electron chi connectivity index (χ1n) is 9.04. The molecule has 1 saturated heterocycles. The lowest BCUT2D eigenvalue weighted by atomic mass is 10.2. The molecule has 0 atom stereocenters. The van der Waals surface area contributed by atoms with Crippen LogP contribution in [-0.4, -0.2) is 49.3 Å². The molecule has 144 valence electrons. The van der Waals surface area contributed by atoms with Gasteiger partial charge in [0, 0.05) is 36.3 Å². The molecular formula is C21H20BrN3O2S. The molecule has 0 saturated carbocycles. The van der Waals surface area contributed by atoms with Crippen LogP contribution in [0.2, 0.25) is 0 Å². The first-order valence-corrected chi connectivity index (χ1v) is 10.7. The number of ether oxygens (including phenoxy) is 1. The van der Waals surface area contributed by atoms with E-state index >= 15 is 0 Å². The van der Waals surface area contributed by atoms with E-state index in [4.69, 9.17) is 4.74 Å². The molecular weight excluding hydrogens is 438 g/mol. The van der Waals surface area contributed by atoms with Crippen molar-refractivity contribution in [2.45, 2.75) is 0 Å². The van der Waals surface area contributed by atoms with Crippen LogP contribution in [0.25, 0.3) is 6.08 Å². The van der Waals surface area contributed by atoms with E-state index in [0.29, 0.717) is 4.91 Å². The Balaban J connectivity index is 1.38. The summed E-state index contributed by atoms with van der Waals surface area (Å²) in [5.41, 5.74) is 2.18. The second-order valence-corrected chi connectivity index (χ2v) is 8.46. The van der Waals surface area contributed by atoms with E-state index < -0.39 is 0 Å². The maximum absolute atomic E-state index is 12.3. The summed E-state index contributed by atoms with van der Waals surface area (Å²) in [4.78, 5) is 21.8. The number of hydrogen-bond acceptors (Lipinski definition) is 5. The van der Waals surface area contributed by atoms with Gasteiger partial charge in [-0.1, -0.05) is 28.1 Å². The number of piperazine rings is 1. The van der Waals surface area contributed by atoms with Crippen LogP contribution in [0.4, 0.5) is 5.69 Å². The van der Waals surface area contributed by atoms with E-state index in [0.717, 1.165) is 47.1 Å². The van der Waals surface area contributed by atoms with Crippen molar-refractivity contribution >= 4 is 50.5 Å². The number of carbonyl (C=O) groups is 1. The van der Waals surface area contributed by atoms with Crippen LogP contribution < -0.4 is 9.64 Å². The molecule has 0 spiro atoms. The highest BCUT2D eigenvalue weighted by atomic mass is 79.9. The normalized spacial score (nSPS) is 18.6. The smallest absolute Gasteiger partial charge is 0.286 e. The number of benzene rings is 2. The van der Waals surface area contributed by atoms with Gasteiger partial charge in [0.1, 0.15) is 5.75 Å². The quantitative estimate of drug-likeness (QED) is 0.644. The molecule has 2 aromatic rings. The van der Waals surface area contributed by atoms with Crippen LogP contribution in [-0.2, 0) is 4.79 Å². The highest BCUT2D eigenvalue weighted by Crippen LogP contribution is 2.31. The third-order valence-corrected chi connectivity index (χ3v) is 6.28. The molecule has 4 rings (SSSR count). The highest BCUT2D eigenvalue weighted by Gasteiger charge is 2.28. The van der Waals surface area contributed by atoms with Crippen LogP contribution in [0.3, 0.4) is 0 Å². The summed E-state index contributed by atoms with van der Waals surface area (Å²) in [5, 5.41) is 0.806. The van der Waals surface area contributed by atoms with Gasteiger partial charge in [-0.05, 0) is 59.8 Å². The van der Waals surface area contributed by atoms with Gasteiger partial charge in [-0.2, -0.15) is 4.99 Å². The van der Waals surface area contributed by atoms with Crippen LogP contribution in [0.5, 0.6) is 5.75 Å². The lowest BCUT2D eigenvalue weighted by molar-refractivity contribution is -0.113. The minimum atomic E-state index is -0.155. The Kier molecular flexibility index (Phi) is 5.73. The van der Waals surface area contributed by atoms with Crippen LogP contribution in [0.1, 0.15) is 5.56 Å². The fraction of sp³-hybridized carbons (Fsp3) is 0.238. The number of nitrogens with zero attached hydrogens (tertiary/aromatic N) is 3. The van der Waals surface area contributed by atoms with Gasteiger partial charge in [0.15, 0.2) is 5.17 Å². The molecule has 0 N–H and O–H groups in total. The molecule has 0 bridgehead atoms. The number of methoxy groups -OCH3 is 1. The molecule has 2 aromatic carbocycles. The number of aliphatic imine (C=N–C) groups is 1. The van der Waals surface area contributed by atoms with E-state index in [1.165, 1.54) is 17.4 Å². The van der Waals surface area contributed by atoms with Gasteiger partial charge in [0.2, 0.25) is 0 Å². The van der Waals surface area contributed by atoms with Crippen molar-refractivity contribution < 1.29 is 9.53 Å². The maximum Gasteiger partial charge on any atom is 0.286 e. The largest absolute Gasteiger partial charge is 0.497 e. The standard InChI is InChI=1S/C21H20BrN3O2S/c1-27-18-7-5-17(6-8-18)24-9-11-25(12-10-24)21-23-20(26)19(28-21)14-15-3-2-4-16(22)13-15/h2-8,13-14H,9-12H2,1H3/b19-14-. The van der Waals surface area contributed by atoms with Gasteiger partial charge in [-0.3, -0.25) is 4.79 Å². The Bertz CT molecular complexity index is 935. The van der Waals surface area contributed by atoms with Crippen LogP contribution >= 0.6 is 27.7 Å². The zero-order valence-corrected chi connectivity index (χ0v) is 17.9. The van der Waals surface area contributed by atoms with Crippen molar-refractivity contribution in [3.63, 3.8) is 0 Å². The summed E-state index contributed by atoms with van der Waals surface area (Å²) in [6.07, 6.45) is 1.90. The Morgan fingerprint density at radius 3 is 2.46 bits per heavy atom. The Morgan fingerprint density at radius 1 is 1.07 bits per heavy atom. The van der Waals surface area contributed by atoms with Crippen molar-refractivity contribution in [3.8, 4) is 5.75 Å². The lowest BCUT2D eigenvalue weighted by Crippen LogP contribution is -2.47. The fourth-order valence-corrected chi connectivity index (χ4v) is 4.61. The summed E-state index contributed by atoms with van der Waals surface area (Å²) in [5.74, 6) is 0.708. The minimum absolute atomic E-state index is 0.155. The zero-order chi connectivity index (χ0) is 19.5. The van der Waals surface area contributed by atoms with Gasteiger partial charge in [-0.25, -0.2) is 0 Å². The van der Waals surface area contributed by atoms with Gasteiger partial charge < -0.3 is 14.5 Å². The fourth-order valence-electron chi connectivity index (χ4n) is 3.23. The van der Waals surface area contributed by atoms with Gasteiger partial charge >= 0.3 is 0 Å². The zero-order valence-electron chi connectivity index (χ0n) is 15.5. The van der Waals surface area contributed by atoms with Crippen molar-refractivity contribution in [1.82, 2.24) is 4.90 Å². The number of carbonyl (C=O) groups excluding carboxylic acids is 1. The average molecular weight is 458 g/mol. The first-order chi connectivity index (χ1) is 13.6. The summed E-state index contributed by atoms with van der Waals surface area (Å²) < 4.78 is 6.22. The monoisotopic (exact) mass is 457 g/mol. The van der Waals surface area contributed by atoms with Crippen molar-refractivity contribution in [1.29, 1.82) is 0 Å². The number of amidine groups is 1. The number of amides is 1. The second kappa shape index (κ2) is 8.41. The molecule has 1 fully saturated rings. The molecule has 0 radical (unpaired) electrons. The Hall–Kier alpha value is -2.25. The number of thioether (sulfide) groups is 1. The topological polar surface area (TPSA) is 45.1 Å². The van der Waals surface area contributed by atoms with E-state index in [-0.39, 0.29) is 5.91 Å². The third kappa shape index (κ3) is 4.25. The summed E-state index contributed by atoms with van der Waals surface area (Å²) in [6, 6.07) is 16.0. The van der Waals surface area contributed by atoms with E-state index in [1.807, 2.05) is 42.5 Å². The van der Waals surface area contributed by atoms with Crippen molar-refractivity contribution in [3.05, 3.63) is 63.5 Å². The molecule has 0 aromatic heterocycles. The maximum atomic E-state index is 12.3. The van der Waals surface area contributed by atoms with Crippen molar-refractivity contribution in [2.24, 2.45) is 4.99 Å². The average Bonchev–Trinajstić information content (AvgIpc) is 3.08. The molecule has 5 nitrogen and oxygen atoms in total. The Morgan fingerprint density at radius 2 is 1.79 bits per heavy atom. The molecule has 2 heterocycles. The molecule has 2 aliphatic heterocycles. The SMILES string of the molecule is COc1ccc(N2CCN(C3=NC(=O)/C(=C/c4cccc(Br)c4)S3)CC2)cc1. The van der Waals surface area contributed by atoms with Crippen LogP contribution in [0, 0.1) is 0 Å². The number of halogens is 1. The summed E-state index contributed by atoms with van der Waals surface area (Å²) in [6.45, 7) is 3.47. The number of hydrogen-bond donors (Lipinski definition) is 0. The van der Waals surface area contributed by atoms with Crippen molar-refractivity contribution in [2.75, 3.05) is 38.2 Å². The third-order valence-electron chi connectivity index (χ3n) is 4.74. The summed E-state index contributed by atoms with van der Waals surface area (Å²) in [7, 11) is 1.67.